The van der Waals surface area contributed by atoms with E-state index in [2.05, 4.69) is 19.2 Å². The van der Waals surface area contributed by atoms with Gasteiger partial charge in [0.25, 0.3) is 0 Å². The Morgan fingerprint density at radius 1 is 1.56 bits per heavy atom. The van der Waals surface area contributed by atoms with Gasteiger partial charge in [-0.05, 0) is 30.5 Å². The minimum Gasteiger partial charge on any atom is -0.319 e. The molecule has 0 aliphatic heterocycles. The number of carbonyl (C=O) groups is 1. The van der Waals surface area contributed by atoms with Crippen LogP contribution in [0, 0.1) is 11.8 Å². The molecule has 0 bridgehead atoms. The summed E-state index contributed by atoms with van der Waals surface area (Å²) in [7, 11) is 3.73. The van der Waals surface area contributed by atoms with Crippen LogP contribution in [0.1, 0.15) is 13.8 Å². The first-order valence-electron chi connectivity index (χ1n) is 5.53. The Kier molecular flexibility index (Phi) is 4.96. The molecular formula is C12H20N2OS. The molecular weight excluding hydrogens is 220 g/mol. The van der Waals surface area contributed by atoms with Crippen molar-refractivity contribution in [3.8, 4) is 0 Å². The Bertz CT molecular complexity index is 322. The summed E-state index contributed by atoms with van der Waals surface area (Å²) < 4.78 is 0. The van der Waals surface area contributed by atoms with Gasteiger partial charge in [-0.15, -0.1) is 11.3 Å². The molecule has 1 N–H and O–H groups in total. The van der Waals surface area contributed by atoms with E-state index in [0.717, 1.165) is 11.5 Å². The van der Waals surface area contributed by atoms with E-state index >= 15 is 0 Å². The fourth-order valence-electron chi connectivity index (χ4n) is 1.65. The number of anilines is 1. The van der Waals surface area contributed by atoms with E-state index in [9.17, 15) is 4.79 Å². The topological polar surface area (TPSA) is 32.3 Å². The van der Waals surface area contributed by atoms with Gasteiger partial charge in [0, 0.05) is 13.6 Å². The van der Waals surface area contributed by atoms with Crippen LogP contribution in [-0.2, 0) is 4.79 Å². The number of rotatable bonds is 5. The molecule has 0 saturated heterocycles. The highest BCUT2D eigenvalue weighted by molar-refractivity contribution is 7.14. The standard InChI is InChI=1S/C12H20N2OS/c1-9(2)10(8-13-3)12(15)14(4)11-6-5-7-16-11/h5-7,9-10,13H,8H2,1-4H3. The van der Waals surface area contributed by atoms with Gasteiger partial charge in [0.1, 0.15) is 0 Å². The number of carbonyl (C=O) groups excluding carboxylic acids is 1. The fourth-order valence-corrected chi connectivity index (χ4v) is 2.35. The van der Waals surface area contributed by atoms with E-state index in [0.29, 0.717) is 5.92 Å². The van der Waals surface area contributed by atoms with Crippen molar-refractivity contribution in [2.75, 3.05) is 25.5 Å². The number of thiophene rings is 1. The van der Waals surface area contributed by atoms with Crippen LogP contribution in [-0.4, -0.2) is 26.5 Å². The second-order valence-electron chi connectivity index (χ2n) is 4.26. The predicted molar refractivity (Wildman–Crippen MR) is 70.0 cm³/mol. The monoisotopic (exact) mass is 240 g/mol. The summed E-state index contributed by atoms with van der Waals surface area (Å²) in [6.45, 7) is 4.90. The van der Waals surface area contributed by atoms with Crippen LogP contribution < -0.4 is 10.2 Å². The molecule has 0 aromatic carbocycles. The number of nitrogens with one attached hydrogen (secondary N) is 1. The Hall–Kier alpha value is -0.870. The molecule has 1 amide bonds. The maximum absolute atomic E-state index is 12.3. The molecule has 1 unspecified atom stereocenters. The third-order valence-corrected chi connectivity index (χ3v) is 3.66. The Morgan fingerprint density at radius 2 is 2.25 bits per heavy atom. The summed E-state index contributed by atoms with van der Waals surface area (Å²) in [5, 5.41) is 6.08. The molecule has 3 nitrogen and oxygen atoms in total. The van der Waals surface area contributed by atoms with Gasteiger partial charge in [0.05, 0.1) is 10.9 Å². The summed E-state index contributed by atoms with van der Waals surface area (Å²) in [5.41, 5.74) is 0. The van der Waals surface area contributed by atoms with E-state index in [-0.39, 0.29) is 11.8 Å². The Balaban J connectivity index is 2.74. The van der Waals surface area contributed by atoms with Gasteiger partial charge in [-0.25, -0.2) is 0 Å². The van der Waals surface area contributed by atoms with Crippen LogP contribution >= 0.6 is 11.3 Å². The number of amides is 1. The minimum atomic E-state index is 0.0390. The summed E-state index contributed by atoms with van der Waals surface area (Å²) >= 11 is 1.59. The van der Waals surface area contributed by atoms with Crippen LogP contribution in [0.2, 0.25) is 0 Å². The van der Waals surface area contributed by atoms with Crippen molar-refractivity contribution in [3.05, 3.63) is 17.5 Å². The normalized spacial score (nSPS) is 12.8. The first-order valence-corrected chi connectivity index (χ1v) is 6.41. The van der Waals surface area contributed by atoms with Crippen LogP contribution in [0.4, 0.5) is 5.00 Å². The largest absolute Gasteiger partial charge is 0.319 e. The molecule has 0 aliphatic carbocycles. The van der Waals surface area contributed by atoms with E-state index < -0.39 is 0 Å². The Labute approximate surface area is 101 Å². The molecule has 0 fully saturated rings. The van der Waals surface area contributed by atoms with Crippen molar-refractivity contribution in [3.63, 3.8) is 0 Å². The van der Waals surface area contributed by atoms with Gasteiger partial charge in [0.2, 0.25) is 5.91 Å². The van der Waals surface area contributed by atoms with Gasteiger partial charge >= 0.3 is 0 Å². The quantitative estimate of drug-likeness (QED) is 0.856. The molecule has 90 valence electrons. The zero-order valence-electron chi connectivity index (χ0n) is 10.4. The van der Waals surface area contributed by atoms with Crippen LogP contribution in [0.3, 0.4) is 0 Å². The van der Waals surface area contributed by atoms with Gasteiger partial charge in [-0.2, -0.15) is 0 Å². The highest BCUT2D eigenvalue weighted by Crippen LogP contribution is 2.23. The number of hydrogen-bond donors (Lipinski definition) is 1. The lowest BCUT2D eigenvalue weighted by Gasteiger charge is -2.25. The van der Waals surface area contributed by atoms with E-state index in [1.54, 1.807) is 16.2 Å². The second-order valence-corrected chi connectivity index (χ2v) is 5.18. The summed E-state index contributed by atoms with van der Waals surface area (Å²) in [6, 6.07) is 3.94. The van der Waals surface area contributed by atoms with E-state index in [1.807, 2.05) is 31.6 Å². The smallest absolute Gasteiger partial charge is 0.231 e. The van der Waals surface area contributed by atoms with Crippen molar-refractivity contribution in [2.24, 2.45) is 11.8 Å². The van der Waals surface area contributed by atoms with Gasteiger partial charge < -0.3 is 10.2 Å². The lowest BCUT2D eigenvalue weighted by atomic mass is 9.94. The zero-order valence-corrected chi connectivity index (χ0v) is 11.2. The first kappa shape index (κ1) is 13.2. The molecule has 1 aromatic rings. The average Bonchev–Trinajstić information content (AvgIpc) is 2.76. The van der Waals surface area contributed by atoms with Gasteiger partial charge in [-0.3, -0.25) is 4.79 Å². The van der Waals surface area contributed by atoms with Crippen molar-refractivity contribution < 1.29 is 4.79 Å². The third-order valence-electron chi connectivity index (χ3n) is 2.71. The molecule has 0 spiro atoms. The first-order chi connectivity index (χ1) is 7.57. The SMILES string of the molecule is CNCC(C(=O)N(C)c1cccs1)C(C)C. The van der Waals surface area contributed by atoms with Gasteiger partial charge in [-0.1, -0.05) is 13.8 Å². The highest BCUT2D eigenvalue weighted by atomic mass is 32.1. The molecule has 1 rings (SSSR count). The molecule has 1 atom stereocenters. The molecule has 0 saturated carbocycles. The Morgan fingerprint density at radius 3 is 2.69 bits per heavy atom. The summed E-state index contributed by atoms with van der Waals surface area (Å²) in [4.78, 5) is 14.0. The van der Waals surface area contributed by atoms with Crippen molar-refractivity contribution in [1.82, 2.24) is 5.32 Å². The van der Waals surface area contributed by atoms with Gasteiger partial charge in [0.15, 0.2) is 0 Å². The fraction of sp³-hybridized carbons (Fsp3) is 0.583. The van der Waals surface area contributed by atoms with E-state index in [4.69, 9.17) is 0 Å². The predicted octanol–water partition coefficient (Wildman–Crippen LogP) is 2.20. The molecule has 4 heteroatoms. The molecule has 1 heterocycles. The minimum absolute atomic E-state index is 0.0390. The highest BCUT2D eigenvalue weighted by Gasteiger charge is 2.25. The zero-order chi connectivity index (χ0) is 12.1. The lowest BCUT2D eigenvalue weighted by molar-refractivity contribution is -0.123. The average molecular weight is 240 g/mol. The molecule has 0 radical (unpaired) electrons. The van der Waals surface area contributed by atoms with E-state index in [1.165, 1.54) is 0 Å². The van der Waals surface area contributed by atoms with Crippen LogP contribution in [0.15, 0.2) is 17.5 Å². The maximum Gasteiger partial charge on any atom is 0.231 e. The van der Waals surface area contributed by atoms with Crippen LogP contribution in [0.5, 0.6) is 0 Å². The number of hydrogen-bond acceptors (Lipinski definition) is 3. The van der Waals surface area contributed by atoms with Crippen LogP contribution in [0.25, 0.3) is 0 Å². The third kappa shape index (κ3) is 3.06. The summed E-state index contributed by atoms with van der Waals surface area (Å²) in [5.74, 6) is 0.575. The molecule has 0 aliphatic rings. The second kappa shape index (κ2) is 6.01. The van der Waals surface area contributed by atoms with Crippen molar-refractivity contribution in [1.29, 1.82) is 0 Å². The van der Waals surface area contributed by atoms with Crippen molar-refractivity contribution in [2.45, 2.75) is 13.8 Å². The maximum atomic E-state index is 12.3. The molecule has 1 aromatic heterocycles. The molecule has 16 heavy (non-hydrogen) atoms. The lowest BCUT2D eigenvalue weighted by Crippen LogP contribution is -2.39. The number of nitrogens with zero attached hydrogens (tertiary/aromatic N) is 1. The summed E-state index contributed by atoms with van der Waals surface area (Å²) in [6.07, 6.45) is 0. The van der Waals surface area contributed by atoms with Crippen molar-refractivity contribution >= 4 is 22.2 Å².